The van der Waals surface area contributed by atoms with Crippen molar-refractivity contribution in [1.82, 2.24) is 0 Å². The Bertz CT molecular complexity index is 64.6. The van der Waals surface area contributed by atoms with Gasteiger partial charge in [0, 0.05) is 4.43 Å². The number of allylic oxidation sites excluding steroid dienone is 3. The molecule has 0 aliphatic carbocycles. The monoisotopic (exact) mass is 208 g/mol. The largest absolute Gasteiger partial charge is 0.103 e. The van der Waals surface area contributed by atoms with Crippen LogP contribution in [0, 0.1) is 0 Å². The van der Waals surface area contributed by atoms with Gasteiger partial charge in [-0.1, -0.05) is 40.8 Å². The van der Waals surface area contributed by atoms with Gasteiger partial charge in [0.25, 0.3) is 0 Å². The first kappa shape index (κ1) is 7.21. The molecule has 0 N–H and O–H groups in total. The Morgan fingerprint density at radius 3 is 2.57 bits per heavy atom. The summed E-state index contributed by atoms with van der Waals surface area (Å²) in [6.45, 7) is 3.58. The highest BCUT2D eigenvalue weighted by molar-refractivity contribution is 14.1. The fourth-order valence-corrected chi connectivity index (χ4v) is 0.615. The summed E-state index contributed by atoms with van der Waals surface area (Å²) in [5, 5.41) is 0. The summed E-state index contributed by atoms with van der Waals surface area (Å²) in [6.07, 6.45) is 7.13. The van der Waals surface area contributed by atoms with Crippen LogP contribution in [0.4, 0.5) is 0 Å². The SMILES string of the molecule is C=CC/C=C/CI. The van der Waals surface area contributed by atoms with Crippen LogP contribution in [0.2, 0.25) is 0 Å². The quantitative estimate of drug-likeness (QED) is 0.379. The molecule has 40 valence electrons. The zero-order valence-electron chi connectivity index (χ0n) is 4.23. The van der Waals surface area contributed by atoms with Crippen LogP contribution in [0.15, 0.2) is 24.8 Å². The third kappa shape index (κ3) is 6.21. The van der Waals surface area contributed by atoms with Gasteiger partial charge in [0.2, 0.25) is 0 Å². The van der Waals surface area contributed by atoms with E-state index in [1.54, 1.807) is 0 Å². The smallest absolute Gasteiger partial charge is 0.0176 e. The second kappa shape index (κ2) is 6.21. The van der Waals surface area contributed by atoms with Crippen LogP contribution < -0.4 is 0 Å². The van der Waals surface area contributed by atoms with Crippen molar-refractivity contribution >= 4 is 22.6 Å². The minimum Gasteiger partial charge on any atom is -0.103 e. The van der Waals surface area contributed by atoms with Gasteiger partial charge in [-0.2, -0.15) is 0 Å². The molecule has 0 rings (SSSR count). The van der Waals surface area contributed by atoms with Crippen molar-refractivity contribution in [2.75, 3.05) is 4.43 Å². The van der Waals surface area contributed by atoms with Gasteiger partial charge in [-0.25, -0.2) is 0 Å². The summed E-state index contributed by atoms with van der Waals surface area (Å²) in [5.41, 5.74) is 0. The molecule has 0 radical (unpaired) electrons. The van der Waals surface area contributed by atoms with Crippen molar-refractivity contribution in [3.63, 3.8) is 0 Å². The molecule has 0 heterocycles. The van der Waals surface area contributed by atoms with E-state index in [-0.39, 0.29) is 0 Å². The summed E-state index contributed by atoms with van der Waals surface area (Å²) in [6, 6.07) is 0. The van der Waals surface area contributed by atoms with Gasteiger partial charge in [-0.05, 0) is 6.42 Å². The maximum atomic E-state index is 3.58. The zero-order valence-corrected chi connectivity index (χ0v) is 6.39. The molecule has 7 heavy (non-hydrogen) atoms. The molecule has 0 spiro atoms. The van der Waals surface area contributed by atoms with E-state index in [9.17, 15) is 0 Å². The van der Waals surface area contributed by atoms with Gasteiger partial charge in [0.15, 0.2) is 0 Å². The summed E-state index contributed by atoms with van der Waals surface area (Å²) < 4.78 is 1.10. The maximum Gasteiger partial charge on any atom is 0.0176 e. The highest BCUT2D eigenvalue weighted by Crippen LogP contribution is 1.86. The first-order chi connectivity index (χ1) is 3.41. The van der Waals surface area contributed by atoms with Crippen molar-refractivity contribution < 1.29 is 0 Å². The van der Waals surface area contributed by atoms with E-state index in [0.29, 0.717) is 0 Å². The normalized spacial score (nSPS) is 9.86. The van der Waals surface area contributed by atoms with E-state index in [1.165, 1.54) is 0 Å². The van der Waals surface area contributed by atoms with E-state index in [2.05, 4.69) is 41.3 Å². The molecule has 0 saturated carbocycles. The molecule has 0 nitrogen and oxygen atoms in total. The lowest BCUT2D eigenvalue weighted by Crippen LogP contribution is -1.57. The van der Waals surface area contributed by atoms with E-state index in [4.69, 9.17) is 0 Å². The van der Waals surface area contributed by atoms with Gasteiger partial charge in [-0.3, -0.25) is 0 Å². The second-order valence-electron chi connectivity index (χ2n) is 1.15. The Labute approximate surface area is 58.4 Å². The van der Waals surface area contributed by atoms with Gasteiger partial charge in [0.1, 0.15) is 0 Å². The Morgan fingerprint density at radius 1 is 1.43 bits per heavy atom. The zero-order chi connectivity index (χ0) is 5.54. The molecular formula is C6H9I. The van der Waals surface area contributed by atoms with Gasteiger partial charge in [-0.15, -0.1) is 6.58 Å². The molecule has 0 saturated heterocycles. The lowest BCUT2D eigenvalue weighted by Gasteiger charge is -1.74. The Hall–Kier alpha value is 0.210. The molecule has 1 heteroatoms. The Balaban J connectivity index is 2.92. The number of hydrogen-bond acceptors (Lipinski definition) is 0. The molecule has 0 bridgehead atoms. The molecule has 0 amide bonds. The van der Waals surface area contributed by atoms with Crippen molar-refractivity contribution in [1.29, 1.82) is 0 Å². The lowest BCUT2D eigenvalue weighted by atomic mass is 10.4. The first-order valence-corrected chi connectivity index (χ1v) is 3.76. The molecule has 0 aromatic heterocycles. The van der Waals surface area contributed by atoms with Gasteiger partial charge >= 0.3 is 0 Å². The summed E-state index contributed by atoms with van der Waals surface area (Å²) in [5.74, 6) is 0. The van der Waals surface area contributed by atoms with Crippen LogP contribution in [0.25, 0.3) is 0 Å². The van der Waals surface area contributed by atoms with Crippen LogP contribution in [0.1, 0.15) is 6.42 Å². The summed E-state index contributed by atoms with van der Waals surface area (Å²) in [4.78, 5) is 0. The predicted molar refractivity (Wildman–Crippen MR) is 42.8 cm³/mol. The standard InChI is InChI=1S/C6H9I/c1-2-3-4-5-6-7/h2,4-5H,1,3,6H2/b5-4+. The van der Waals surface area contributed by atoms with Crippen LogP contribution in [-0.2, 0) is 0 Å². The fraction of sp³-hybridized carbons (Fsp3) is 0.333. The highest BCUT2D eigenvalue weighted by Gasteiger charge is 1.64. The minimum absolute atomic E-state index is 1.00. The molecule has 0 unspecified atom stereocenters. The average Bonchev–Trinajstić information content (AvgIpc) is 1.69. The number of alkyl halides is 1. The van der Waals surface area contributed by atoms with E-state index in [1.807, 2.05) is 6.08 Å². The second-order valence-corrected chi connectivity index (χ2v) is 2.03. The van der Waals surface area contributed by atoms with E-state index >= 15 is 0 Å². The van der Waals surface area contributed by atoms with Gasteiger partial charge < -0.3 is 0 Å². The summed E-state index contributed by atoms with van der Waals surface area (Å²) >= 11 is 2.31. The fourth-order valence-electron chi connectivity index (χ4n) is 0.255. The summed E-state index contributed by atoms with van der Waals surface area (Å²) in [7, 11) is 0. The Morgan fingerprint density at radius 2 is 2.14 bits per heavy atom. The van der Waals surface area contributed by atoms with Gasteiger partial charge in [0.05, 0.1) is 0 Å². The highest BCUT2D eigenvalue weighted by atomic mass is 127. The lowest BCUT2D eigenvalue weighted by molar-refractivity contribution is 1.40. The number of hydrogen-bond donors (Lipinski definition) is 0. The molecular weight excluding hydrogens is 199 g/mol. The van der Waals surface area contributed by atoms with E-state index < -0.39 is 0 Å². The third-order valence-corrected chi connectivity index (χ3v) is 1.07. The van der Waals surface area contributed by atoms with Crippen LogP contribution in [-0.4, -0.2) is 4.43 Å². The minimum atomic E-state index is 1.00. The van der Waals surface area contributed by atoms with Crippen molar-refractivity contribution in [3.8, 4) is 0 Å². The molecule has 0 aromatic rings. The molecule has 0 aliphatic heterocycles. The van der Waals surface area contributed by atoms with Crippen LogP contribution in [0.3, 0.4) is 0 Å². The van der Waals surface area contributed by atoms with Crippen molar-refractivity contribution in [3.05, 3.63) is 24.8 Å². The maximum absolute atomic E-state index is 3.58. The third-order valence-electron chi connectivity index (χ3n) is 0.559. The van der Waals surface area contributed by atoms with Crippen molar-refractivity contribution in [2.24, 2.45) is 0 Å². The topological polar surface area (TPSA) is 0 Å². The van der Waals surface area contributed by atoms with Crippen LogP contribution >= 0.6 is 22.6 Å². The van der Waals surface area contributed by atoms with Crippen LogP contribution in [0.5, 0.6) is 0 Å². The molecule has 0 aromatic carbocycles. The predicted octanol–water partition coefficient (Wildman–Crippen LogP) is 2.55. The number of rotatable bonds is 3. The number of halogens is 1. The Kier molecular flexibility index (Phi) is 6.40. The molecule has 0 fully saturated rings. The molecule has 0 aliphatic rings. The first-order valence-electron chi connectivity index (χ1n) is 2.23. The van der Waals surface area contributed by atoms with Crippen molar-refractivity contribution in [2.45, 2.75) is 6.42 Å². The average molecular weight is 208 g/mol. The van der Waals surface area contributed by atoms with E-state index in [0.717, 1.165) is 10.8 Å². The molecule has 0 atom stereocenters.